The third-order valence-electron chi connectivity index (χ3n) is 2.15. The SMILES string of the molecule is CNc1nnc(COc2ccc(F)cc2[N+](=O)[O-])s1. The summed E-state index contributed by atoms with van der Waals surface area (Å²) in [5.74, 6) is -0.694. The fourth-order valence-corrected chi connectivity index (χ4v) is 1.91. The van der Waals surface area contributed by atoms with Crippen molar-refractivity contribution in [3.8, 4) is 5.75 Å². The molecule has 2 aromatic rings. The number of rotatable bonds is 5. The van der Waals surface area contributed by atoms with Gasteiger partial charge in [-0.05, 0) is 12.1 Å². The molecule has 0 fully saturated rings. The summed E-state index contributed by atoms with van der Waals surface area (Å²) in [5, 5.41) is 22.4. The van der Waals surface area contributed by atoms with Crippen molar-refractivity contribution in [1.29, 1.82) is 0 Å². The van der Waals surface area contributed by atoms with E-state index in [1.807, 2.05) is 0 Å². The molecule has 1 aromatic carbocycles. The van der Waals surface area contributed by atoms with E-state index in [9.17, 15) is 14.5 Å². The summed E-state index contributed by atoms with van der Waals surface area (Å²) in [5.41, 5.74) is -0.418. The van der Waals surface area contributed by atoms with E-state index < -0.39 is 16.4 Å². The van der Waals surface area contributed by atoms with Crippen LogP contribution in [0.5, 0.6) is 5.75 Å². The molecule has 100 valence electrons. The van der Waals surface area contributed by atoms with E-state index in [1.54, 1.807) is 7.05 Å². The zero-order chi connectivity index (χ0) is 13.8. The Morgan fingerprint density at radius 1 is 1.53 bits per heavy atom. The van der Waals surface area contributed by atoms with Gasteiger partial charge in [-0.25, -0.2) is 4.39 Å². The van der Waals surface area contributed by atoms with E-state index in [2.05, 4.69) is 15.5 Å². The van der Waals surface area contributed by atoms with E-state index in [4.69, 9.17) is 4.74 Å². The number of nitrogens with one attached hydrogen (secondary N) is 1. The third kappa shape index (κ3) is 3.13. The molecular weight excluding hydrogens is 275 g/mol. The van der Waals surface area contributed by atoms with Gasteiger partial charge in [-0.1, -0.05) is 11.3 Å². The predicted octanol–water partition coefficient (Wildman–Crippen LogP) is 2.21. The molecule has 0 spiro atoms. The minimum atomic E-state index is -0.697. The summed E-state index contributed by atoms with van der Waals surface area (Å²) in [6.07, 6.45) is 0. The highest BCUT2D eigenvalue weighted by Crippen LogP contribution is 2.28. The van der Waals surface area contributed by atoms with E-state index >= 15 is 0 Å². The van der Waals surface area contributed by atoms with Gasteiger partial charge < -0.3 is 10.1 Å². The van der Waals surface area contributed by atoms with Crippen LogP contribution in [-0.4, -0.2) is 22.2 Å². The lowest BCUT2D eigenvalue weighted by Gasteiger charge is -2.04. The second kappa shape index (κ2) is 5.57. The van der Waals surface area contributed by atoms with Crippen molar-refractivity contribution in [2.75, 3.05) is 12.4 Å². The molecule has 0 saturated carbocycles. The molecule has 0 aliphatic rings. The average molecular weight is 284 g/mol. The van der Waals surface area contributed by atoms with Crippen molar-refractivity contribution in [2.24, 2.45) is 0 Å². The molecule has 0 radical (unpaired) electrons. The summed E-state index contributed by atoms with van der Waals surface area (Å²) in [6.45, 7) is 0.0336. The maximum atomic E-state index is 12.9. The Labute approximate surface area is 111 Å². The van der Waals surface area contributed by atoms with E-state index in [0.717, 1.165) is 12.1 Å². The number of nitro benzene ring substituents is 1. The number of ether oxygens (including phenoxy) is 1. The molecule has 0 atom stereocenters. The smallest absolute Gasteiger partial charge is 0.313 e. The summed E-state index contributed by atoms with van der Waals surface area (Å²) in [7, 11) is 1.70. The van der Waals surface area contributed by atoms with Crippen LogP contribution in [0, 0.1) is 15.9 Å². The summed E-state index contributed by atoms with van der Waals surface area (Å²) < 4.78 is 18.2. The first-order chi connectivity index (χ1) is 9.10. The first kappa shape index (κ1) is 13.1. The minimum absolute atomic E-state index is 0.00684. The van der Waals surface area contributed by atoms with Gasteiger partial charge in [0.2, 0.25) is 5.13 Å². The molecule has 0 unspecified atom stereocenters. The van der Waals surface area contributed by atoms with Crippen molar-refractivity contribution >= 4 is 22.2 Å². The molecule has 0 amide bonds. The molecule has 1 N–H and O–H groups in total. The van der Waals surface area contributed by atoms with E-state index in [-0.39, 0.29) is 12.4 Å². The van der Waals surface area contributed by atoms with Crippen LogP contribution in [0.3, 0.4) is 0 Å². The minimum Gasteiger partial charge on any atom is -0.479 e. The molecule has 19 heavy (non-hydrogen) atoms. The zero-order valence-corrected chi connectivity index (χ0v) is 10.6. The fourth-order valence-electron chi connectivity index (χ4n) is 1.31. The Balaban J connectivity index is 2.12. The van der Waals surface area contributed by atoms with Crippen molar-refractivity contribution in [3.63, 3.8) is 0 Å². The van der Waals surface area contributed by atoms with Crippen LogP contribution >= 0.6 is 11.3 Å². The highest BCUT2D eigenvalue weighted by molar-refractivity contribution is 7.15. The summed E-state index contributed by atoms with van der Waals surface area (Å²) in [4.78, 5) is 10.1. The van der Waals surface area contributed by atoms with Crippen molar-refractivity contribution in [3.05, 3.63) is 39.1 Å². The van der Waals surface area contributed by atoms with Gasteiger partial charge in [0.25, 0.3) is 0 Å². The molecule has 0 aliphatic heterocycles. The first-order valence-corrected chi connectivity index (χ1v) is 5.98. The molecule has 0 saturated heterocycles. The number of halogens is 1. The zero-order valence-electron chi connectivity index (χ0n) is 9.79. The number of benzene rings is 1. The van der Waals surface area contributed by atoms with Crippen LogP contribution in [0.2, 0.25) is 0 Å². The van der Waals surface area contributed by atoms with Crippen LogP contribution in [0.1, 0.15) is 5.01 Å². The Morgan fingerprint density at radius 3 is 2.95 bits per heavy atom. The quantitative estimate of drug-likeness (QED) is 0.668. The number of hydrogen-bond donors (Lipinski definition) is 1. The molecule has 2 rings (SSSR count). The first-order valence-electron chi connectivity index (χ1n) is 5.17. The van der Waals surface area contributed by atoms with Gasteiger partial charge in [0.15, 0.2) is 10.8 Å². The Hall–Kier alpha value is -2.29. The van der Waals surface area contributed by atoms with Crippen LogP contribution in [0.4, 0.5) is 15.2 Å². The van der Waals surface area contributed by atoms with Crippen LogP contribution in [0.15, 0.2) is 18.2 Å². The number of nitrogens with zero attached hydrogens (tertiary/aromatic N) is 3. The van der Waals surface area contributed by atoms with Gasteiger partial charge in [0, 0.05) is 7.05 Å². The van der Waals surface area contributed by atoms with Gasteiger partial charge in [-0.3, -0.25) is 10.1 Å². The monoisotopic (exact) mass is 284 g/mol. The molecule has 7 nitrogen and oxygen atoms in total. The predicted molar refractivity (Wildman–Crippen MR) is 66.8 cm³/mol. The van der Waals surface area contributed by atoms with Gasteiger partial charge in [0.05, 0.1) is 11.0 Å². The third-order valence-corrected chi connectivity index (χ3v) is 3.06. The number of nitro groups is 1. The van der Waals surface area contributed by atoms with Crippen molar-refractivity contribution < 1.29 is 14.1 Å². The number of anilines is 1. The van der Waals surface area contributed by atoms with Gasteiger partial charge in [-0.2, -0.15) is 0 Å². The summed E-state index contributed by atoms with van der Waals surface area (Å²) in [6, 6.07) is 3.13. The Kier molecular flexibility index (Phi) is 3.85. The van der Waals surface area contributed by atoms with Crippen LogP contribution < -0.4 is 10.1 Å². The highest BCUT2D eigenvalue weighted by atomic mass is 32.1. The van der Waals surface area contributed by atoms with Crippen LogP contribution in [0.25, 0.3) is 0 Å². The molecule has 9 heteroatoms. The second-order valence-corrected chi connectivity index (χ2v) is 4.47. The number of hydrogen-bond acceptors (Lipinski definition) is 7. The molecular formula is C10H9FN4O3S. The van der Waals surface area contributed by atoms with Crippen molar-refractivity contribution in [2.45, 2.75) is 6.61 Å². The maximum Gasteiger partial charge on any atom is 0.313 e. The number of aromatic nitrogens is 2. The molecule has 0 bridgehead atoms. The molecule has 1 heterocycles. The van der Waals surface area contributed by atoms with Crippen LogP contribution in [-0.2, 0) is 6.61 Å². The van der Waals surface area contributed by atoms with Gasteiger partial charge in [0.1, 0.15) is 12.4 Å². The van der Waals surface area contributed by atoms with E-state index in [1.165, 1.54) is 17.4 Å². The largest absolute Gasteiger partial charge is 0.479 e. The maximum absolute atomic E-state index is 12.9. The topological polar surface area (TPSA) is 90.2 Å². The Bertz CT molecular complexity index is 604. The van der Waals surface area contributed by atoms with Gasteiger partial charge >= 0.3 is 5.69 Å². The lowest BCUT2D eigenvalue weighted by Crippen LogP contribution is -1.99. The molecule has 0 aliphatic carbocycles. The van der Waals surface area contributed by atoms with Gasteiger partial charge in [-0.15, -0.1) is 10.2 Å². The van der Waals surface area contributed by atoms with E-state index in [0.29, 0.717) is 10.1 Å². The van der Waals surface area contributed by atoms with Crippen molar-refractivity contribution in [1.82, 2.24) is 10.2 Å². The fraction of sp³-hybridized carbons (Fsp3) is 0.200. The molecule has 1 aromatic heterocycles. The lowest BCUT2D eigenvalue weighted by atomic mass is 10.3. The normalized spacial score (nSPS) is 10.2. The summed E-state index contributed by atoms with van der Waals surface area (Å²) >= 11 is 1.27. The lowest BCUT2D eigenvalue weighted by molar-refractivity contribution is -0.386. The highest BCUT2D eigenvalue weighted by Gasteiger charge is 2.17. The second-order valence-electron chi connectivity index (χ2n) is 3.41. The standard InChI is InChI=1S/C10H9FN4O3S/c1-12-10-14-13-9(19-10)5-18-8-3-2-6(11)4-7(8)15(16)17/h2-4H,5H2,1H3,(H,12,14). The average Bonchev–Trinajstić information content (AvgIpc) is 2.85. The Morgan fingerprint density at radius 2 is 2.32 bits per heavy atom.